The first kappa shape index (κ1) is 8.93. The van der Waals surface area contributed by atoms with Crippen molar-refractivity contribution in [2.45, 2.75) is 39.0 Å². The number of fused-ring (bicyclic) bond motifs is 1. The molecule has 2 rings (SSSR count). The van der Waals surface area contributed by atoms with Crippen LogP contribution in [0.3, 0.4) is 0 Å². The fourth-order valence-corrected chi connectivity index (χ4v) is 3.88. The van der Waals surface area contributed by atoms with Crippen molar-refractivity contribution in [3.05, 3.63) is 0 Å². The van der Waals surface area contributed by atoms with E-state index >= 15 is 0 Å². The SMILES string of the molecule is CCC1CCC2CC(CCS)C12. The van der Waals surface area contributed by atoms with Crippen molar-refractivity contribution in [2.75, 3.05) is 5.75 Å². The molecule has 0 nitrogen and oxygen atoms in total. The van der Waals surface area contributed by atoms with Crippen LogP contribution in [0, 0.1) is 23.7 Å². The predicted molar refractivity (Wildman–Crippen MR) is 56.6 cm³/mol. The molecule has 70 valence electrons. The van der Waals surface area contributed by atoms with Crippen LogP contribution in [0.5, 0.6) is 0 Å². The molecule has 0 aliphatic heterocycles. The molecule has 0 aromatic rings. The summed E-state index contributed by atoms with van der Waals surface area (Å²) in [6.45, 7) is 2.36. The van der Waals surface area contributed by atoms with Crippen LogP contribution in [0.4, 0.5) is 0 Å². The number of rotatable bonds is 3. The van der Waals surface area contributed by atoms with Crippen molar-refractivity contribution in [1.82, 2.24) is 0 Å². The molecule has 0 bridgehead atoms. The molecule has 0 radical (unpaired) electrons. The fraction of sp³-hybridized carbons (Fsp3) is 1.00. The first-order chi connectivity index (χ1) is 5.86. The van der Waals surface area contributed by atoms with Crippen LogP contribution in [0.25, 0.3) is 0 Å². The summed E-state index contributed by atoms with van der Waals surface area (Å²) in [5.41, 5.74) is 0. The van der Waals surface area contributed by atoms with E-state index in [2.05, 4.69) is 19.6 Å². The van der Waals surface area contributed by atoms with E-state index in [9.17, 15) is 0 Å². The molecule has 2 saturated carbocycles. The van der Waals surface area contributed by atoms with Crippen molar-refractivity contribution in [2.24, 2.45) is 23.7 Å². The topological polar surface area (TPSA) is 0 Å². The van der Waals surface area contributed by atoms with Crippen molar-refractivity contribution >= 4 is 12.6 Å². The Morgan fingerprint density at radius 3 is 2.75 bits per heavy atom. The molecule has 4 atom stereocenters. The number of hydrogen-bond donors (Lipinski definition) is 1. The van der Waals surface area contributed by atoms with Gasteiger partial charge in [0.1, 0.15) is 0 Å². The lowest BCUT2D eigenvalue weighted by Gasteiger charge is -2.43. The number of thiol groups is 1. The summed E-state index contributed by atoms with van der Waals surface area (Å²) in [6, 6.07) is 0. The summed E-state index contributed by atoms with van der Waals surface area (Å²) >= 11 is 4.34. The molecular formula is C11H20S. The Bertz CT molecular complexity index is 155. The second-order valence-electron chi connectivity index (χ2n) is 4.59. The van der Waals surface area contributed by atoms with Gasteiger partial charge in [-0.3, -0.25) is 0 Å². The molecule has 0 saturated heterocycles. The van der Waals surface area contributed by atoms with Gasteiger partial charge in [0.2, 0.25) is 0 Å². The third-order valence-corrected chi connectivity index (χ3v) is 4.43. The van der Waals surface area contributed by atoms with E-state index in [1.807, 2.05) is 0 Å². The Labute approximate surface area is 81.5 Å². The standard InChI is InChI=1S/C11H20S/c1-2-8-3-4-9-7-10(5-6-12)11(8)9/h8-12H,2-7H2,1H3. The van der Waals surface area contributed by atoms with E-state index in [1.165, 1.54) is 32.1 Å². The van der Waals surface area contributed by atoms with Gasteiger partial charge in [-0.15, -0.1) is 0 Å². The molecule has 0 amide bonds. The Morgan fingerprint density at radius 1 is 1.25 bits per heavy atom. The molecule has 4 unspecified atom stereocenters. The second-order valence-corrected chi connectivity index (χ2v) is 5.04. The molecule has 0 N–H and O–H groups in total. The Morgan fingerprint density at radius 2 is 2.08 bits per heavy atom. The highest BCUT2D eigenvalue weighted by Gasteiger charge is 2.47. The van der Waals surface area contributed by atoms with Crippen LogP contribution >= 0.6 is 12.6 Å². The lowest BCUT2D eigenvalue weighted by Crippen LogP contribution is -2.36. The smallest absolute Gasteiger partial charge is 0.00952 e. The van der Waals surface area contributed by atoms with Crippen molar-refractivity contribution in [3.8, 4) is 0 Å². The van der Waals surface area contributed by atoms with Crippen LogP contribution in [0.1, 0.15) is 39.0 Å². The first-order valence-electron chi connectivity index (χ1n) is 5.47. The summed E-state index contributed by atoms with van der Waals surface area (Å²) < 4.78 is 0. The third-order valence-electron chi connectivity index (χ3n) is 4.17. The largest absolute Gasteiger partial charge is 0.179 e. The van der Waals surface area contributed by atoms with Crippen LogP contribution in [-0.2, 0) is 0 Å². The average molecular weight is 184 g/mol. The van der Waals surface area contributed by atoms with Crippen molar-refractivity contribution in [3.63, 3.8) is 0 Å². The highest BCUT2D eigenvalue weighted by Crippen LogP contribution is 2.56. The Hall–Kier alpha value is 0.350. The maximum atomic E-state index is 4.34. The van der Waals surface area contributed by atoms with E-state index in [4.69, 9.17) is 0 Å². The molecule has 0 aromatic heterocycles. The van der Waals surface area contributed by atoms with Crippen LogP contribution < -0.4 is 0 Å². The molecule has 0 aromatic carbocycles. The number of hydrogen-bond acceptors (Lipinski definition) is 1. The fourth-order valence-electron chi connectivity index (χ4n) is 3.55. The lowest BCUT2D eigenvalue weighted by atomic mass is 9.62. The normalized spacial score (nSPS) is 45.5. The molecule has 2 aliphatic carbocycles. The molecule has 2 fully saturated rings. The predicted octanol–water partition coefficient (Wildman–Crippen LogP) is 3.38. The maximum Gasteiger partial charge on any atom is -0.00952 e. The third kappa shape index (κ3) is 1.30. The summed E-state index contributed by atoms with van der Waals surface area (Å²) in [6.07, 6.45) is 7.38. The van der Waals surface area contributed by atoms with Gasteiger partial charge in [-0.1, -0.05) is 13.3 Å². The Kier molecular flexibility index (Phi) is 2.69. The van der Waals surface area contributed by atoms with Crippen LogP contribution in [0.2, 0.25) is 0 Å². The van der Waals surface area contributed by atoms with Gasteiger partial charge in [-0.2, -0.15) is 12.6 Å². The molecule has 12 heavy (non-hydrogen) atoms. The van der Waals surface area contributed by atoms with Crippen LogP contribution in [-0.4, -0.2) is 5.75 Å². The van der Waals surface area contributed by atoms with Gasteiger partial charge >= 0.3 is 0 Å². The summed E-state index contributed by atoms with van der Waals surface area (Å²) in [7, 11) is 0. The molecule has 2 aliphatic rings. The molecular weight excluding hydrogens is 164 g/mol. The van der Waals surface area contributed by atoms with Crippen LogP contribution in [0.15, 0.2) is 0 Å². The highest BCUT2D eigenvalue weighted by molar-refractivity contribution is 7.80. The van der Waals surface area contributed by atoms with Gasteiger partial charge in [-0.05, 0) is 55.1 Å². The average Bonchev–Trinajstić information content (AvgIpc) is 2.38. The lowest BCUT2D eigenvalue weighted by molar-refractivity contribution is 0.0643. The molecule has 0 heterocycles. The van der Waals surface area contributed by atoms with Gasteiger partial charge in [-0.25, -0.2) is 0 Å². The minimum atomic E-state index is 1.06. The van der Waals surface area contributed by atoms with Crippen molar-refractivity contribution in [1.29, 1.82) is 0 Å². The minimum absolute atomic E-state index is 1.06. The van der Waals surface area contributed by atoms with Gasteiger partial charge < -0.3 is 0 Å². The summed E-state index contributed by atoms with van der Waals surface area (Å²) in [4.78, 5) is 0. The second kappa shape index (κ2) is 3.61. The van der Waals surface area contributed by atoms with E-state index in [1.54, 1.807) is 0 Å². The quantitative estimate of drug-likeness (QED) is 0.639. The monoisotopic (exact) mass is 184 g/mol. The van der Waals surface area contributed by atoms with Gasteiger partial charge in [0.25, 0.3) is 0 Å². The van der Waals surface area contributed by atoms with E-state index in [0.717, 1.165) is 29.4 Å². The van der Waals surface area contributed by atoms with Gasteiger partial charge in [0, 0.05) is 0 Å². The summed E-state index contributed by atoms with van der Waals surface area (Å²) in [5, 5.41) is 0. The first-order valence-corrected chi connectivity index (χ1v) is 6.11. The van der Waals surface area contributed by atoms with E-state index in [0.29, 0.717) is 0 Å². The van der Waals surface area contributed by atoms with Gasteiger partial charge in [0.15, 0.2) is 0 Å². The molecule has 0 spiro atoms. The zero-order chi connectivity index (χ0) is 8.55. The Balaban J connectivity index is 1.90. The van der Waals surface area contributed by atoms with Gasteiger partial charge in [0.05, 0.1) is 0 Å². The van der Waals surface area contributed by atoms with E-state index < -0.39 is 0 Å². The van der Waals surface area contributed by atoms with Crippen molar-refractivity contribution < 1.29 is 0 Å². The highest BCUT2D eigenvalue weighted by atomic mass is 32.1. The summed E-state index contributed by atoms with van der Waals surface area (Å²) in [5.74, 6) is 5.47. The zero-order valence-electron chi connectivity index (χ0n) is 8.00. The molecule has 1 heteroatoms. The zero-order valence-corrected chi connectivity index (χ0v) is 8.89. The minimum Gasteiger partial charge on any atom is -0.179 e. The van der Waals surface area contributed by atoms with E-state index in [-0.39, 0.29) is 0 Å². The maximum absolute atomic E-state index is 4.34.